The van der Waals surface area contributed by atoms with Crippen LogP contribution in [0.4, 0.5) is 0 Å². The summed E-state index contributed by atoms with van der Waals surface area (Å²) >= 11 is 0. The van der Waals surface area contributed by atoms with Crippen molar-refractivity contribution in [3.8, 4) is 0 Å². The number of fused-ring (bicyclic) bond motifs is 3. The van der Waals surface area contributed by atoms with E-state index in [0.717, 1.165) is 19.6 Å². The maximum Gasteiger partial charge on any atom is 0.197 e. The first-order chi connectivity index (χ1) is 6.23. The van der Waals surface area contributed by atoms with Gasteiger partial charge in [0.25, 0.3) is 0 Å². The van der Waals surface area contributed by atoms with Gasteiger partial charge in [-0.15, -0.1) is 0 Å². The zero-order chi connectivity index (χ0) is 9.05. The van der Waals surface area contributed by atoms with Gasteiger partial charge in [0.15, 0.2) is 5.79 Å². The van der Waals surface area contributed by atoms with Gasteiger partial charge in [0.05, 0.1) is 19.3 Å². The minimum absolute atomic E-state index is 0.176. The van der Waals surface area contributed by atoms with Gasteiger partial charge in [0.2, 0.25) is 0 Å². The number of ether oxygens (including phenoxy) is 3. The number of hydrogen-bond acceptors (Lipinski definition) is 3. The maximum absolute atomic E-state index is 5.88. The predicted octanol–water partition coefficient (Wildman–Crippen LogP) is 1.17. The van der Waals surface area contributed by atoms with Crippen molar-refractivity contribution in [2.75, 3.05) is 13.2 Å². The smallest absolute Gasteiger partial charge is 0.197 e. The monoisotopic (exact) mass is 184 g/mol. The zero-order valence-electron chi connectivity index (χ0n) is 8.16. The lowest BCUT2D eigenvalue weighted by Gasteiger charge is -2.35. The van der Waals surface area contributed by atoms with Gasteiger partial charge >= 0.3 is 0 Å². The van der Waals surface area contributed by atoms with Gasteiger partial charge in [0, 0.05) is 6.42 Å². The molecule has 3 aliphatic heterocycles. The summed E-state index contributed by atoms with van der Waals surface area (Å²) in [4.78, 5) is 0. The van der Waals surface area contributed by atoms with Gasteiger partial charge < -0.3 is 14.2 Å². The molecule has 0 aromatic heterocycles. The molecule has 0 aromatic carbocycles. The largest absolute Gasteiger partial charge is 0.369 e. The second kappa shape index (κ2) is 2.47. The van der Waals surface area contributed by atoms with Crippen molar-refractivity contribution in [1.29, 1.82) is 0 Å². The van der Waals surface area contributed by atoms with Crippen LogP contribution in [0.25, 0.3) is 0 Å². The normalized spacial score (nSPS) is 52.2. The highest BCUT2D eigenvalue weighted by atomic mass is 16.8. The summed E-state index contributed by atoms with van der Waals surface area (Å²) in [5.74, 6) is 0.858. The highest BCUT2D eigenvalue weighted by Gasteiger charge is 2.62. The molecule has 4 atom stereocenters. The van der Waals surface area contributed by atoms with Crippen LogP contribution in [0.5, 0.6) is 0 Å². The van der Waals surface area contributed by atoms with Gasteiger partial charge in [-0.05, 0) is 11.8 Å². The molecule has 2 bridgehead atoms. The van der Waals surface area contributed by atoms with Crippen molar-refractivity contribution in [3.05, 3.63) is 0 Å². The van der Waals surface area contributed by atoms with Crippen molar-refractivity contribution < 1.29 is 14.2 Å². The molecule has 0 aliphatic carbocycles. The molecule has 3 nitrogen and oxygen atoms in total. The van der Waals surface area contributed by atoms with E-state index in [-0.39, 0.29) is 11.9 Å². The Morgan fingerprint density at radius 1 is 1.08 bits per heavy atom. The Morgan fingerprint density at radius 2 is 1.77 bits per heavy atom. The van der Waals surface area contributed by atoms with Gasteiger partial charge in [-0.2, -0.15) is 0 Å². The van der Waals surface area contributed by atoms with E-state index in [1.54, 1.807) is 0 Å². The molecule has 3 rings (SSSR count). The Kier molecular flexibility index (Phi) is 1.56. The SMILES string of the molecule is CC1C2CC3(OCCO3)C(O2)C1C. The van der Waals surface area contributed by atoms with E-state index in [2.05, 4.69) is 13.8 Å². The second-order valence-corrected chi connectivity index (χ2v) is 4.53. The predicted molar refractivity (Wildman–Crippen MR) is 46.2 cm³/mol. The van der Waals surface area contributed by atoms with Gasteiger partial charge in [0.1, 0.15) is 6.10 Å². The van der Waals surface area contributed by atoms with Gasteiger partial charge in [-0.1, -0.05) is 13.8 Å². The van der Waals surface area contributed by atoms with E-state index in [1.807, 2.05) is 0 Å². The average Bonchev–Trinajstić information content (AvgIpc) is 2.76. The Bertz CT molecular complexity index is 220. The molecular formula is C10H16O3. The Morgan fingerprint density at radius 3 is 2.31 bits per heavy atom. The second-order valence-electron chi connectivity index (χ2n) is 4.53. The van der Waals surface area contributed by atoms with Crippen LogP contribution >= 0.6 is 0 Å². The molecule has 3 heteroatoms. The minimum Gasteiger partial charge on any atom is -0.369 e. The maximum atomic E-state index is 5.88. The van der Waals surface area contributed by atoms with Gasteiger partial charge in [-0.25, -0.2) is 0 Å². The molecule has 0 amide bonds. The van der Waals surface area contributed by atoms with E-state index in [9.17, 15) is 0 Å². The van der Waals surface area contributed by atoms with Crippen LogP contribution in [0.2, 0.25) is 0 Å². The Labute approximate surface area is 78.3 Å². The first-order valence-corrected chi connectivity index (χ1v) is 5.16. The lowest BCUT2D eigenvalue weighted by atomic mass is 9.78. The van der Waals surface area contributed by atoms with Crippen LogP contribution in [0.1, 0.15) is 20.3 Å². The topological polar surface area (TPSA) is 27.7 Å². The third kappa shape index (κ3) is 0.901. The number of hydrogen-bond donors (Lipinski definition) is 0. The van der Waals surface area contributed by atoms with Crippen LogP contribution < -0.4 is 0 Å². The van der Waals surface area contributed by atoms with E-state index in [1.165, 1.54) is 0 Å². The molecule has 0 saturated carbocycles. The summed E-state index contributed by atoms with van der Waals surface area (Å²) in [6.45, 7) is 5.96. The van der Waals surface area contributed by atoms with E-state index in [0.29, 0.717) is 17.9 Å². The highest BCUT2D eigenvalue weighted by Crippen LogP contribution is 2.51. The number of rotatable bonds is 0. The van der Waals surface area contributed by atoms with Crippen molar-refractivity contribution >= 4 is 0 Å². The third-order valence-electron chi connectivity index (χ3n) is 3.91. The van der Waals surface area contributed by atoms with Crippen LogP contribution in [0.3, 0.4) is 0 Å². The summed E-state index contributed by atoms with van der Waals surface area (Å²) in [6.07, 6.45) is 1.47. The lowest BCUT2D eigenvalue weighted by Crippen LogP contribution is -2.46. The van der Waals surface area contributed by atoms with Crippen molar-refractivity contribution in [1.82, 2.24) is 0 Å². The van der Waals surface area contributed by atoms with Crippen molar-refractivity contribution in [2.24, 2.45) is 11.8 Å². The molecule has 3 heterocycles. The molecular weight excluding hydrogens is 168 g/mol. The summed E-state index contributed by atoms with van der Waals surface area (Å²) in [5, 5.41) is 0. The Hall–Kier alpha value is -0.120. The molecule has 3 fully saturated rings. The fraction of sp³-hybridized carbons (Fsp3) is 1.00. The first-order valence-electron chi connectivity index (χ1n) is 5.16. The first kappa shape index (κ1) is 8.21. The van der Waals surface area contributed by atoms with Crippen LogP contribution in [-0.2, 0) is 14.2 Å². The molecule has 3 saturated heterocycles. The molecule has 74 valence electrons. The van der Waals surface area contributed by atoms with Crippen molar-refractivity contribution in [2.45, 2.75) is 38.3 Å². The van der Waals surface area contributed by atoms with Gasteiger partial charge in [-0.3, -0.25) is 0 Å². The minimum atomic E-state index is -0.364. The third-order valence-corrected chi connectivity index (χ3v) is 3.91. The zero-order valence-corrected chi connectivity index (χ0v) is 8.16. The average molecular weight is 184 g/mol. The van der Waals surface area contributed by atoms with E-state index < -0.39 is 0 Å². The summed E-state index contributed by atoms with van der Waals surface area (Å²) in [6, 6.07) is 0. The molecule has 1 spiro atoms. The summed E-state index contributed by atoms with van der Waals surface area (Å²) < 4.78 is 17.3. The molecule has 0 N–H and O–H groups in total. The van der Waals surface area contributed by atoms with Crippen LogP contribution in [-0.4, -0.2) is 31.2 Å². The summed E-state index contributed by atoms with van der Waals surface area (Å²) in [5.41, 5.74) is 0. The van der Waals surface area contributed by atoms with E-state index >= 15 is 0 Å². The van der Waals surface area contributed by atoms with Crippen LogP contribution in [0.15, 0.2) is 0 Å². The fourth-order valence-electron chi connectivity index (χ4n) is 2.94. The Balaban J connectivity index is 1.89. The quantitative estimate of drug-likeness (QED) is 0.565. The van der Waals surface area contributed by atoms with Crippen molar-refractivity contribution in [3.63, 3.8) is 0 Å². The van der Waals surface area contributed by atoms with E-state index in [4.69, 9.17) is 14.2 Å². The lowest BCUT2D eigenvalue weighted by molar-refractivity contribution is -0.199. The highest BCUT2D eigenvalue weighted by molar-refractivity contribution is 5.04. The molecule has 4 unspecified atom stereocenters. The summed E-state index contributed by atoms with van der Waals surface area (Å²) in [7, 11) is 0. The fourth-order valence-corrected chi connectivity index (χ4v) is 2.94. The molecule has 3 aliphatic rings. The molecule has 13 heavy (non-hydrogen) atoms. The standard InChI is InChI=1S/C10H16O3/c1-6-7(2)9-10(5-8(6)13-9)11-3-4-12-10/h6-9H,3-5H2,1-2H3. The molecule has 0 radical (unpaired) electrons. The van der Waals surface area contributed by atoms with Crippen LogP contribution in [0, 0.1) is 11.8 Å². The molecule has 0 aromatic rings.